The van der Waals surface area contributed by atoms with Gasteiger partial charge in [-0.2, -0.15) is 4.36 Å². The fourth-order valence-corrected chi connectivity index (χ4v) is 4.53. The minimum absolute atomic E-state index is 0.156. The molecular weight excluding hydrogens is 398 g/mol. The maximum atomic E-state index is 13.6. The molecule has 0 N–H and O–H groups in total. The molecule has 1 unspecified atom stereocenters. The van der Waals surface area contributed by atoms with Crippen molar-refractivity contribution >= 4 is 37.1 Å². The summed E-state index contributed by atoms with van der Waals surface area (Å²) < 4.78 is 19.0. The molecule has 0 bridgehead atoms. The zero-order valence-electron chi connectivity index (χ0n) is 13.3. The summed E-state index contributed by atoms with van der Waals surface area (Å²) in [5.74, 6) is -0.341. The Morgan fingerprint density at radius 2 is 1.40 bits per heavy atom. The first-order chi connectivity index (χ1) is 12.1. The van der Waals surface area contributed by atoms with E-state index in [0.717, 1.165) is 4.47 Å². The van der Waals surface area contributed by atoms with Crippen LogP contribution in [-0.2, 0) is 9.73 Å². The average molecular weight is 414 g/mol. The molecule has 1 atom stereocenters. The van der Waals surface area contributed by atoms with E-state index < -0.39 is 9.73 Å². The molecule has 0 fully saturated rings. The van der Waals surface area contributed by atoms with Gasteiger partial charge in [-0.05, 0) is 36.4 Å². The number of hydrogen-bond donors (Lipinski definition) is 0. The molecule has 0 spiro atoms. The molecule has 0 aliphatic heterocycles. The van der Waals surface area contributed by atoms with Crippen molar-refractivity contribution in [3.63, 3.8) is 0 Å². The van der Waals surface area contributed by atoms with Crippen molar-refractivity contribution in [3.8, 4) is 0 Å². The predicted octanol–water partition coefficient (Wildman–Crippen LogP) is 5.49. The van der Waals surface area contributed by atoms with Crippen molar-refractivity contribution in [2.24, 2.45) is 4.36 Å². The van der Waals surface area contributed by atoms with Gasteiger partial charge in [-0.25, -0.2) is 4.21 Å². The van der Waals surface area contributed by atoms with Crippen molar-refractivity contribution < 1.29 is 9.00 Å². The van der Waals surface area contributed by atoms with Gasteiger partial charge in [-0.1, -0.05) is 64.5 Å². The van der Waals surface area contributed by atoms with Crippen molar-refractivity contribution in [1.82, 2.24) is 0 Å². The van der Waals surface area contributed by atoms with Crippen LogP contribution in [0.5, 0.6) is 0 Å². The van der Waals surface area contributed by atoms with Crippen molar-refractivity contribution in [2.75, 3.05) is 5.75 Å². The second-order valence-corrected chi connectivity index (χ2v) is 8.59. The lowest BCUT2D eigenvalue weighted by atomic mass is 10.2. The highest BCUT2D eigenvalue weighted by Crippen LogP contribution is 2.24. The normalized spacial score (nSPS) is 13.0. The maximum Gasteiger partial charge on any atom is 0.176 e. The number of carbonyl (C=O) groups excluding carboxylic acids is 1. The van der Waals surface area contributed by atoms with E-state index >= 15 is 0 Å². The van der Waals surface area contributed by atoms with Crippen LogP contribution >= 0.6 is 15.9 Å². The Bertz CT molecular complexity index is 977. The molecule has 0 aliphatic carbocycles. The van der Waals surface area contributed by atoms with Crippen LogP contribution in [0.2, 0.25) is 0 Å². The van der Waals surface area contributed by atoms with Crippen molar-refractivity contribution in [1.29, 1.82) is 0 Å². The molecule has 0 aromatic heterocycles. The maximum absolute atomic E-state index is 13.6. The summed E-state index contributed by atoms with van der Waals surface area (Å²) in [6.07, 6.45) is 0. The molecule has 0 aliphatic rings. The van der Waals surface area contributed by atoms with E-state index in [9.17, 15) is 9.00 Å². The smallest absolute Gasteiger partial charge is 0.176 e. The fourth-order valence-electron chi connectivity index (χ4n) is 2.36. The molecule has 0 heterocycles. The van der Waals surface area contributed by atoms with E-state index in [2.05, 4.69) is 20.3 Å². The molecular formula is C20H16BrNO2S. The lowest BCUT2D eigenvalue weighted by molar-refractivity contribution is 0.102. The quantitative estimate of drug-likeness (QED) is 0.519. The first-order valence-corrected chi connectivity index (χ1v) is 10.2. The molecule has 3 rings (SSSR count). The largest absolute Gasteiger partial charge is 0.293 e. The fraction of sp³-hybridized carbons (Fsp3) is 0.0500. The standard InChI is InChI=1S/C20H16BrNO2S/c21-17-11-13-18(14-12-17)22-25(24,19-9-5-2-6-10-19)15-20(23)16-7-3-1-4-8-16/h1-14H,15H2. The van der Waals surface area contributed by atoms with Crippen molar-refractivity contribution in [2.45, 2.75) is 4.90 Å². The molecule has 0 saturated heterocycles. The lowest BCUT2D eigenvalue weighted by Gasteiger charge is -2.10. The Hall–Kier alpha value is -2.24. The Labute approximate surface area is 156 Å². The highest BCUT2D eigenvalue weighted by Gasteiger charge is 2.19. The van der Waals surface area contributed by atoms with Gasteiger partial charge in [0.25, 0.3) is 0 Å². The van der Waals surface area contributed by atoms with E-state index in [1.54, 1.807) is 60.7 Å². The summed E-state index contributed by atoms with van der Waals surface area (Å²) >= 11 is 3.37. The third-order valence-electron chi connectivity index (χ3n) is 3.61. The zero-order valence-corrected chi connectivity index (χ0v) is 15.7. The van der Waals surface area contributed by atoms with Crippen LogP contribution in [0.25, 0.3) is 0 Å². The first kappa shape index (κ1) is 17.6. The number of carbonyl (C=O) groups is 1. The van der Waals surface area contributed by atoms with E-state index in [4.69, 9.17) is 0 Å². The van der Waals surface area contributed by atoms with E-state index in [1.165, 1.54) is 0 Å². The number of benzene rings is 3. The van der Waals surface area contributed by atoms with Crippen LogP contribution in [0.15, 0.2) is 98.7 Å². The summed E-state index contributed by atoms with van der Waals surface area (Å²) in [5.41, 5.74) is 1.12. The summed E-state index contributed by atoms with van der Waals surface area (Å²) in [6, 6.07) is 25.1. The van der Waals surface area contributed by atoms with Gasteiger partial charge in [-0.15, -0.1) is 0 Å². The third kappa shape index (κ3) is 4.44. The highest BCUT2D eigenvalue weighted by molar-refractivity contribution is 9.10. The Morgan fingerprint density at radius 3 is 2.00 bits per heavy atom. The second-order valence-electron chi connectivity index (χ2n) is 5.45. The summed E-state index contributed by atoms with van der Waals surface area (Å²) in [6.45, 7) is 0. The lowest BCUT2D eigenvalue weighted by Crippen LogP contribution is -2.16. The zero-order chi connectivity index (χ0) is 17.7. The molecule has 126 valence electrons. The van der Waals surface area contributed by atoms with E-state index in [1.807, 2.05) is 24.3 Å². The first-order valence-electron chi connectivity index (χ1n) is 7.71. The Kier molecular flexibility index (Phi) is 5.46. The van der Waals surface area contributed by atoms with Gasteiger partial charge in [0.15, 0.2) is 5.78 Å². The minimum atomic E-state index is -2.92. The van der Waals surface area contributed by atoms with Crippen LogP contribution in [0.3, 0.4) is 0 Å². The summed E-state index contributed by atoms with van der Waals surface area (Å²) in [4.78, 5) is 13.2. The predicted molar refractivity (Wildman–Crippen MR) is 105 cm³/mol. The van der Waals surface area contributed by atoms with Crippen LogP contribution in [0, 0.1) is 0 Å². The van der Waals surface area contributed by atoms with Gasteiger partial charge in [0.2, 0.25) is 0 Å². The van der Waals surface area contributed by atoms with Gasteiger partial charge in [0, 0.05) is 14.9 Å². The molecule has 0 saturated carbocycles. The summed E-state index contributed by atoms with van der Waals surface area (Å²) in [5, 5.41) is 0. The van der Waals surface area contributed by atoms with Crippen LogP contribution in [0.1, 0.15) is 10.4 Å². The molecule has 5 heteroatoms. The topological polar surface area (TPSA) is 46.5 Å². The van der Waals surface area contributed by atoms with Crippen LogP contribution in [0.4, 0.5) is 5.69 Å². The number of halogens is 1. The van der Waals surface area contributed by atoms with Gasteiger partial charge in [-0.3, -0.25) is 4.79 Å². The molecule has 3 aromatic rings. The monoisotopic (exact) mass is 413 g/mol. The summed E-state index contributed by atoms with van der Waals surface area (Å²) in [7, 11) is -2.92. The second kappa shape index (κ2) is 7.76. The van der Waals surface area contributed by atoms with E-state index in [0.29, 0.717) is 16.1 Å². The number of rotatable bonds is 5. The number of ketones is 1. The SMILES string of the molecule is O=C(CS(=O)(=Nc1ccc(Br)cc1)c1ccccc1)c1ccccc1. The van der Waals surface area contributed by atoms with Crippen molar-refractivity contribution in [3.05, 3.63) is 95.0 Å². The molecule has 3 aromatic carbocycles. The highest BCUT2D eigenvalue weighted by atomic mass is 79.9. The van der Waals surface area contributed by atoms with E-state index in [-0.39, 0.29) is 11.5 Å². The van der Waals surface area contributed by atoms with Gasteiger partial charge >= 0.3 is 0 Å². The van der Waals surface area contributed by atoms with Crippen LogP contribution in [-0.4, -0.2) is 15.7 Å². The van der Waals surface area contributed by atoms with Gasteiger partial charge < -0.3 is 0 Å². The van der Waals surface area contributed by atoms with Gasteiger partial charge in [0.05, 0.1) is 21.2 Å². The van der Waals surface area contributed by atoms with Crippen LogP contribution < -0.4 is 0 Å². The Morgan fingerprint density at radius 1 is 0.840 bits per heavy atom. The number of nitrogens with zero attached hydrogens (tertiary/aromatic N) is 1. The molecule has 25 heavy (non-hydrogen) atoms. The third-order valence-corrected chi connectivity index (χ3v) is 6.31. The molecule has 0 amide bonds. The van der Waals surface area contributed by atoms with Gasteiger partial charge in [0.1, 0.15) is 0 Å². The number of Topliss-reactive ketones (excluding diaryl/α,β-unsaturated/α-hetero) is 1. The Balaban J connectivity index is 2.05. The average Bonchev–Trinajstić information content (AvgIpc) is 2.65. The molecule has 0 radical (unpaired) electrons. The molecule has 3 nitrogen and oxygen atoms in total. The minimum Gasteiger partial charge on any atom is -0.293 e. The number of hydrogen-bond acceptors (Lipinski definition) is 3.